The molecule has 7 nitrogen and oxygen atoms in total. The fourth-order valence-electron chi connectivity index (χ4n) is 2.58. The normalized spacial score (nSPS) is 10.3. The first kappa shape index (κ1) is 20.3. The van der Waals surface area contributed by atoms with Gasteiger partial charge in [-0.05, 0) is 55.0 Å². The highest BCUT2D eigenvalue weighted by Gasteiger charge is 2.13. The molecule has 0 aliphatic carbocycles. The average molecular weight is 415 g/mol. The molecule has 2 amide bonds. The summed E-state index contributed by atoms with van der Waals surface area (Å²) >= 11 is 5.91. The number of carbonyl (C=O) groups excluding carboxylic acids is 2. The number of rotatable bonds is 7. The molecule has 8 heteroatoms. The Labute approximate surface area is 172 Å². The summed E-state index contributed by atoms with van der Waals surface area (Å²) in [5.74, 6) is 0.403. The molecule has 0 unspecified atom stereocenters. The van der Waals surface area contributed by atoms with Crippen molar-refractivity contribution >= 4 is 34.8 Å². The highest BCUT2D eigenvalue weighted by Crippen LogP contribution is 2.28. The zero-order valence-corrected chi connectivity index (χ0v) is 16.6. The molecule has 1 aromatic heterocycles. The summed E-state index contributed by atoms with van der Waals surface area (Å²) in [6.45, 7) is 1.68. The van der Waals surface area contributed by atoms with E-state index in [9.17, 15) is 9.59 Å². The maximum atomic E-state index is 12.2. The van der Waals surface area contributed by atoms with E-state index in [2.05, 4.69) is 10.6 Å². The lowest BCUT2D eigenvalue weighted by molar-refractivity contribution is -0.118. The van der Waals surface area contributed by atoms with E-state index in [0.717, 1.165) is 5.56 Å². The van der Waals surface area contributed by atoms with Crippen molar-refractivity contribution in [2.24, 2.45) is 0 Å². The Morgan fingerprint density at radius 3 is 2.59 bits per heavy atom. The lowest BCUT2D eigenvalue weighted by atomic mass is 10.2. The predicted octanol–water partition coefficient (Wildman–Crippen LogP) is 4.52. The molecule has 2 aromatic carbocycles. The standard InChI is InChI=1S/C21H19ClN2O5/c1-13-10-14(22)5-8-17(13)29-12-20(25)23-15-6-7-16(19(11-15)27-2)24-21(26)18-4-3-9-28-18/h3-11H,12H2,1-2H3,(H,23,25)(H,24,26). The summed E-state index contributed by atoms with van der Waals surface area (Å²) in [6.07, 6.45) is 1.42. The van der Waals surface area contributed by atoms with Crippen LogP contribution in [0, 0.1) is 6.92 Å². The SMILES string of the molecule is COc1cc(NC(=O)COc2ccc(Cl)cc2C)ccc1NC(=O)c1ccco1. The second-order valence-corrected chi connectivity index (χ2v) is 6.53. The number of anilines is 2. The molecule has 0 radical (unpaired) electrons. The third-order valence-electron chi connectivity index (χ3n) is 3.97. The molecule has 150 valence electrons. The third kappa shape index (κ3) is 5.30. The first-order valence-corrected chi connectivity index (χ1v) is 9.06. The minimum atomic E-state index is -0.406. The number of hydrogen-bond donors (Lipinski definition) is 2. The van der Waals surface area contributed by atoms with Crippen LogP contribution in [0.15, 0.2) is 59.2 Å². The van der Waals surface area contributed by atoms with Gasteiger partial charge < -0.3 is 24.5 Å². The van der Waals surface area contributed by atoms with E-state index in [1.54, 1.807) is 48.5 Å². The largest absolute Gasteiger partial charge is 0.494 e. The number of methoxy groups -OCH3 is 1. The smallest absolute Gasteiger partial charge is 0.291 e. The van der Waals surface area contributed by atoms with E-state index in [1.165, 1.54) is 13.4 Å². The minimum Gasteiger partial charge on any atom is -0.494 e. The Morgan fingerprint density at radius 1 is 1.07 bits per heavy atom. The molecule has 0 aliphatic heterocycles. The van der Waals surface area contributed by atoms with Crippen molar-refractivity contribution in [3.63, 3.8) is 0 Å². The van der Waals surface area contributed by atoms with Gasteiger partial charge in [0.2, 0.25) is 0 Å². The summed E-state index contributed by atoms with van der Waals surface area (Å²) in [5.41, 5.74) is 1.78. The van der Waals surface area contributed by atoms with E-state index < -0.39 is 5.91 Å². The highest BCUT2D eigenvalue weighted by atomic mass is 35.5. The van der Waals surface area contributed by atoms with Crippen LogP contribution in [0.2, 0.25) is 5.02 Å². The Morgan fingerprint density at radius 2 is 1.90 bits per heavy atom. The lowest BCUT2D eigenvalue weighted by Gasteiger charge is -2.13. The number of ether oxygens (including phenoxy) is 2. The van der Waals surface area contributed by atoms with Crippen molar-refractivity contribution in [3.8, 4) is 11.5 Å². The van der Waals surface area contributed by atoms with Gasteiger partial charge in [0.25, 0.3) is 11.8 Å². The topological polar surface area (TPSA) is 89.8 Å². The van der Waals surface area contributed by atoms with Gasteiger partial charge in [0.15, 0.2) is 12.4 Å². The second kappa shape index (κ2) is 9.16. The van der Waals surface area contributed by atoms with Crippen LogP contribution in [0.5, 0.6) is 11.5 Å². The van der Waals surface area contributed by atoms with Crippen LogP contribution >= 0.6 is 11.6 Å². The maximum Gasteiger partial charge on any atom is 0.291 e. The molecule has 29 heavy (non-hydrogen) atoms. The number of furan rings is 1. The fourth-order valence-corrected chi connectivity index (χ4v) is 2.81. The van der Waals surface area contributed by atoms with Crippen molar-refractivity contribution in [1.82, 2.24) is 0 Å². The molecular formula is C21H19ClN2O5. The quantitative estimate of drug-likeness (QED) is 0.593. The number of carbonyl (C=O) groups is 2. The minimum absolute atomic E-state index is 0.165. The van der Waals surface area contributed by atoms with Crippen molar-refractivity contribution in [2.75, 3.05) is 24.4 Å². The fraction of sp³-hybridized carbons (Fsp3) is 0.143. The molecular weight excluding hydrogens is 396 g/mol. The van der Waals surface area contributed by atoms with Gasteiger partial charge in [-0.2, -0.15) is 0 Å². The molecule has 0 bridgehead atoms. The van der Waals surface area contributed by atoms with Gasteiger partial charge in [-0.15, -0.1) is 0 Å². The first-order chi connectivity index (χ1) is 14.0. The Bertz CT molecular complexity index is 1020. The van der Waals surface area contributed by atoms with E-state index in [4.69, 9.17) is 25.5 Å². The number of aryl methyl sites for hydroxylation is 1. The highest BCUT2D eigenvalue weighted by molar-refractivity contribution is 6.30. The molecule has 0 spiro atoms. The number of amides is 2. The van der Waals surface area contributed by atoms with Gasteiger partial charge in [-0.25, -0.2) is 0 Å². The van der Waals surface area contributed by atoms with Crippen LogP contribution < -0.4 is 20.1 Å². The summed E-state index contributed by atoms with van der Waals surface area (Å²) < 4.78 is 15.9. The van der Waals surface area contributed by atoms with Gasteiger partial charge >= 0.3 is 0 Å². The molecule has 0 fully saturated rings. The molecule has 0 aliphatic rings. The van der Waals surface area contributed by atoms with Crippen molar-refractivity contribution in [3.05, 3.63) is 71.1 Å². The van der Waals surface area contributed by atoms with E-state index in [1.807, 2.05) is 6.92 Å². The van der Waals surface area contributed by atoms with Gasteiger partial charge in [0.1, 0.15) is 11.5 Å². The number of hydrogen-bond acceptors (Lipinski definition) is 5. The van der Waals surface area contributed by atoms with Gasteiger partial charge in [0.05, 0.1) is 19.1 Å². The van der Waals surface area contributed by atoms with Crippen LogP contribution in [0.4, 0.5) is 11.4 Å². The molecule has 3 rings (SSSR count). The third-order valence-corrected chi connectivity index (χ3v) is 4.21. The van der Waals surface area contributed by atoms with Gasteiger partial charge in [-0.3, -0.25) is 9.59 Å². The Balaban J connectivity index is 1.61. The monoisotopic (exact) mass is 414 g/mol. The van der Waals surface area contributed by atoms with E-state index in [0.29, 0.717) is 27.9 Å². The van der Waals surface area contributed by atoms with E-state index in [-0.39, 0.29) is 18.3 Å². The lowest BCUT2D eigenvalue weighted by Crippen LogP contribution is -2.20. The summed E-state index contributed by atoms with van der Waals surface area (Å²) in [6, 6.07) is 13.2. The van der Waals surface area contributed by atoms with Crippen molar-refractivity contribution < 1.29 is 23.5 Å². The maximum absolute atomic E-state index is 12.2. The Kier molecular flexibility index (Phi) is 6.41. The Hall–Kier alpha value is -3.45. The second-order valence-electron chi connectivity index (χ2n) is 6.09. The van der Waals surface area contributed by atoms with Crippen LogP contribution in [0.1, 0.15) is 16.1 Å². The van der Waals surface area contributed by atoms with Crippen molar-refractivity contribution in [2.45, 2.75) is 6.92 Å². The van der Waals surface area contributed by atoms with E-state index >= 15 is 0 Å². The average Bonchev–Trinajstić information content (AvgIpc) is 3.23. The molecule has 0 atom stereocenters. The van der Waals surface area contributed by atoms with Gasteiger partial charge in [-0.1, -0.05) is 11.6 Å². The zero-order chi connectivity index (χ0) is 20.8. The number of halogens is 1. The van der Waals surface area contributed by atoms with Crippen molar-refractivity contribution in [1.29, 1.82) is 0 Å². The number of nitrogens with one attached hydrogen (secondary N) is 2. The van der Waals surface area contributed by atoms with Crippen LogP contribution in [-0.4, -0.2) is 25.5 Å². The summed E-state index contributed by atoms with van der Waals surface area (Å²) in [4.78, 5) is 24.3. The van der Waals surface area contributed by atoms with Crippen LogP contribution in [-0.2, 0) is 4.79 Å². The summed E-state index contributed by atoms with van der Waals surface area (Å²) in [5, 5.41) is 6.02. The summed E-state index contributed by atoms with van der Waals surface area (Å²) in [7, 11) is 1.47. The number of benzene rings is 2. The first-order valence-electron chi connectivity index (χ1n) is 8.68. The van der Waals surface area contributed by atoms with Gasteiger partial charge in [0, 0.05) is 16.8 Å². The molecule has 0 saturated heterocycles. The molecule has 3 aromatic rings. The van der Waals surface area contributed by atoms with Crippen LogP contribution in [0.25, 0.3) is 0 Å². The molecule has 0 saturated carbocycles. The zero-order valence-electron chi connectivity index (χ0n) is 15.8. The molecule has 1 heterocycles. The van der Waals surface area contributed by atoms with Crippen LogP contribution in [0.3, 0.4) is 0 Å². The predicted molar refractivity (Wildman–Crippen MR) is 110 cm³/mol. The molecule has 2 N–H and O–H groups in total.